The normalized spacial score (nSPS) is 16.8. The second kappa shape index (κ2) is 33.5. The van der Waals surface area contributed by atoms with E-state index < -0.39 is 0 Å². The number of rotatable bonds is 12. The number of benzene rings is 1. The van der Waals surface area contributed by atoms with Crippen molar-refractivity contribution in [3.8, 4) is 10.4 Å². The molecule has 2 unspecified atom stereocenters. The smallest absolute Gasteiger partial charge is 0.243 e. The van der Waals surface area contributed by atoms with Crippen molar-refractivity contribution in [1.82, 2.24) is 35.1 Å². The van der Waals surface area contributed by atoms with Crippen LogP contribution in [0.4, 0.5) is 0 Å². The summed E-state index contributed by atoms with van der Waals surface area (Å²) in [5.74, 6) is 1.15. The summed E-state index contributed by atoms with van der Waals surface area (Å²) in [4.78, 5) is 32.7. The number of hydrogen-bond acceptors (Lipinski definition) is 8. The highest BCUT2D eigenvalue weighted by molar-refractivity contribution is 7.13. The first-order valence-electron chi connectivity index (χ1n) is 23.7. The zero-order valence-electron chi connectivity index (χ0n) is 41.5. The minimum Gasteiger partial charge on any atom is -0.396 e. The first-order valence-corrected chi connectivity index (χ1v) is 24.6. The Balaban J connectivity index is 0. The number of thiazole rings is 1. The lowest BCUT2D eigenvalue weighted by Gasteiger charge is -2.34. The number of amides is 2. The molecule has 0 bridgehead atoms. The molecule has 1 aliphatic carbocycles. The molecule has 2 N–H and O–H groups in total. The van der Waals surface area contributed by atoms with Crippen molar-refractivity contribution in [2.24, 2.45) is 16.7 Å². The van der Waals surface area contributed by atoms with Gasteiger partial charge >= 0.3 is 0 Å². The largest absolute Gasteiger partial charge is 0.396 e. The van der Waals surface area contributed by atoms with Crippen LogP contribution in [0.3, 0.4) is 0 Å². The molecular weight excluding hydrogens is 767 g/mol. The number of carbonyl (C=O) groups is 2. The van der Waals surface area contributed by atoms with E-state index in [9.17, 15) is 14.7 Å². The molecule has 6 rings (SSSR count). The first kappa shape index (κ1) is 58.9. The molecule has 2 saturated heterocycles. The molecule has 3 aliphatic rings. The van der Waals surface area contributed by atoms with Crippen LogP contribution in [-0.4, -0.2) is 86.0 Å². The Hall–Kier alpha value is -3.15. The van der Waals surface area contributed by atoms with Gasteiger partial charge in [0.25, 0.3) is 0 Å². The second-order valence-electron chi connectivity index (χ2n) is 15.3. The molecule has 1 aromatic carbocycles. The van der Waals surface area contributed by atoms with E-state index in [4.69, 9.17) is 0 Å². The number of carbonyl (C=O) groups excluding carboxylic acids is 2. The summed E-state index contributed by atoms with van der Waals surface area (Å²) in [5.41, 5.74) is 6.66. The maximum absolute atomic E-state index is 12.2. The number of nitrogens with one attached hydrogen (secondary N) is 1. The molecule has 4 heterocycles. The van der Waals surface area contributed by atoms with E-state index >= 15 is 0 Å². The van der Waals surface area contributed by atoms with Crippen LogP contribution >= 0.6 is 11.3 Å². The molecule has 2 aromatic heterocycles. The summed E-state index contributed by atoms with van der Waals surface area (Å²) in [6, 6.07) is 7.82. The third kappa shape index (κ3) is 20.1. The molecule has 3 fully saturated rings. The highest BCUT2D eigenvalue weighted by Gasteiger charge is 2.43. The number of aromatic nitrogens is 4. The van der Waals surface area contributed by atoms with Crippen molar-refractivity contribution in [1.29, 1.82) is 0 Å². The fourth-order valence-corrected chi connectivity index (χ4v) is 7.50. The van der Waals surface area contributed by atoms with Crippen molar-refractivity contribution in [2.75, 3.05) is 32.8 Å². The standard InChI is InChI=1S/C20H36N4O.C17H19N3O2S.6C2H6/c1-16(19(2,3)4)18-13-24(22-21-18)12-7-17-5-10-23(11-6-17)14-20(15-25)8-9-20;1-12-16(23-10-19-12)14-6-4-13(5-7-14)9-18-17(22)15-3-2-8-20(15)11-21;6*1-2/h13,16-17,25H,5-12,14-15H2,1-4H3;4-7,10-11,15H,2-3,8-9H2,1H3,(H,18,22);6*1-2H3. The molecular formula is C49H91N7O3S. The van der Waals surface area contributed by atoms with Crippen molar-refractivity contribution in [3.05, 3.63) is 52.9 Å². The number of hydrogen-bond donors (Lipinski definition) is 2. The molecule has 2 atom stereocenters. The van der Waals surface area contributed by atoms with E-state index in [1.54, 1.807) is 16.2 Å². The zero-order chi connectivity index (χ0) is 46.3. The van der Waals surface area contributed by atoms with Crippen molar-refractivity contribution >= 4 is 23.7 Å². The Morgan fingerprint density at radius 2 is 1.52 bits per heavy atom. The summed E-state index contributed by atoms with van der Waals surface area (Å²) in [6.07, 6.45) is 10.7. The van der Waals surface area contributed by atoms with Gasteiger partial charge in [-0.1, -0.05) is 140 Å². The van der Waals surface area contributed by atoms with Gasteiger partial charge in [0.05, 0.1) is 21.8 Å². The molecule has 10 nitrogen and oxygen atoms in total. The fourth-order valence-electron chi connectivity index (χ4n) is 6.69. The summed E-state index contributed by atoms with van der Waals surface area (Å²) >= 11 is 1.63. The van der Waals surface area contributed by atoms with Gasteiger partial charge in [-0.25, -0.2) is 4.98 Å². The van der Waals surface area contributed by atoms with E-state index in [0.29, 0.717) is 25.6 Å². The van der Waals surface area contributed by atoms with E-state index in [2.05, 4.69) is 71.5 Å². The van der Waals surface area contributed by atoms with Crippen LogP contribution in [0.2, 0.25) is 0 Å². The lowest BCUT2D eigenvalue weighted by molar-refractivity contribution is -0.131. The van der Waals surface area contributed by atoms with Crippen molar-refractivity contribution in [3.63, 3.8) is 0 Å². The van der Waals surface area contributed by atoms with Gasteiger partial charge in [-0.05, 0) is 87.4 Å². The SMILES string of the molecule is CC.CC.CC.CC.CC.CC.CC(c1cn(CCC2CCN(CC3(CO)CC3)CC2)nn1)C(C)(C)C.Cc1ncsc1-c1ccc(CNC(=O)C2CCCN2C=O)cc1. The summed E-state index contributed by atoms with van der Waals surface area (Å²) < 4.78 is 2.04. The Bertz CT molecular complexity index is 1470. The first-order chi connectivity index (χ1) is 29.0. The van der Waals surface area contributed by atoms with Gasteiger partial charge in [0.2, 0.25) is 12.3 Å². The molecule has 60 heavy (non-hydrogen) atoms. The number of likely N-dealkylation sites (tertiary alicyclic amines) is 2. The number of aryl methyl sites for hydroxylation is 2. The monoisotopic (exact) mass is 858 g/mol. The van der Waals surface area contributed by atoms with Crippen LogP contribution in [0, 0.1) is 23.7 Å². The Morgan fingerprint density at radius 1 is 0.933 bits per heavy atom. The third-order valence-corrected chi connectivity index (χ3v) is 11.8. The highest BCUT2D eigenvalue weighted by Crippen LogP contribution is 2.46. The molecule has 2 aliphatic heterocycles. The van der Waals surface area contributed by atoms with Gasteiger partial charge in [-0.3, -0.25) is 14.3 Å². The van der Waals surface area contributed by atoms with Crippen molar-refractivity contribution < 1.29 is 14.7 Å². The lowest BCUT2D eigenvalue weighted by Crippen LogP contribution is -2.42. The summed E-state index contributed by atoms with van der Waals surface area (Å²) in [6.45, 7) is 41.0. The molecule has 3 aromatic rings. The van der Waals surface area contributed by atoms with Crippen LogP contribution in [-0.2, 0) is 22.7 Å². The minimum absolute atomic E-state index is 0.0722. The number of nitrogens with zero attached hydrogens (tertiary/aromatic N) is 6. The van der Waals surface area contributed by atoms with E-state index in [0.717, 1.165) is 60.8 Å². The summed E-state index contributed by atoms with van der Waals surface area (Å²) in [7, 11) is 0. The predicted molar refractivity (Wildman–Crippen MR) is 258 cm³/mol. The topological polar surface area (TPSA) is 116 Å². The number of piperidine rings is 1. The van der Waals surface area contributed by atoms with E-state index in [1.165, 1.54) is 50.1 Å². The molecule has 11 heteroatoms. The molecule has 0 radical (unpaired) electrons. The van der Waals surface area contributed by atoms with Crippen molar-refractivity contribution in [2.45, 2.75) is 188 Å². The number of aliphatic hydroxyl groups is 1. The fraction of sp³-hybridized carbons (Fsp3) is 0.735. The average molecular weight is 858 g/mol. The van der Waals surface area contributed by atoms with Gasteiger partial charge in [-0.2, -0.15) is 0 Å². The van der Waals surface area contributed by atoms with Gasteiger partial charge in [0, 0.05) is 50.3 Å². The second-order valence-corrected chi connectivity index (χ2v) is 16.2. The maximum atomic E-state index is 12.2. The predicted octanol–water partition coefficient (Wildman–Crippen LogP) is 11.8. The lowest BCUT2D eigenvalue weighted by atomic mass is 9.80. The van der Waals surface area contributed by atoms with Gasteiger partial charge in [-0.15, -0.1) is 16.4 Å². The Morgan fingerprint density at radius 3 is 2.00 bits per heavy atom. The zero-order valence-corrected chi connectivity index (χ0v) is 42.3. The van der Waals surface area contributed by atoms with E-state index in [-0.39, 0.29) is 22.8 Å². The molecule has 1 saturated carbocycles. The van der Waals surface area contributed by atoms with Crippen LogP contribution in [0.1, 0.15) is 179 Å². The highest BCUT2D eigenvalue weighted by atomic mass is 32.1. The van der Waals surface area contributed by atoms with Gasteiger partial charge in [0.15, 0.2) is 0 Å². The number of aliphatic hydroxyl groups excluding tert-OH is 1. The van der Waals surface area contributed by atoms with Gasteiger partial charge in [0.1, 0.15) is 6.04 Å². The quantitative estimate of drug-likeness (QED) is 0.174. The molecule has 2 amide bonds. The summed E-state index contributed by atoms with van der Waals surface area (Å²) in [5, 5.41) is 21.2. The molecule has 0 spiro atoms. The van der Waals surface area contributed by atoms with E-state index in [1.807, 2.05) is 112 Å². The average Bonchev–Trinajstić information content (AvgIpc) is 3.63. The maximum Gasteiger partial charge on any atom is 0.243 e. The Kier molecular flexibility index (Phi) is 32.9. The molecule has 346 valence electrons. The third-order valence-electron chi connectivity index (χ3n) is 10.8. The van der Waals surface area contributed by atoms with Gasteiger partial charge < -0.3 is 20.2 Å². The van der Waals surface area contributed by atoms with Crippen LogP contribution in [0.5, 0.6) is 0 Å². The van der Waals surface area contributed by atoms with Crippen LogP contribution < -0.4 is 5.32 Å². The minimum atomic E-state index is -0.313. The van der Waals surface area contributed by atoms with Crippen LogP contribution in [0.25, 0.3) is 10.4 Å². The van der Waals surface area contributed by atoms with Crippen LogP contribution in [0.15, 0.2) is 36.0 Å². The Labute approximate surface area is 372 Å².